The highest BCUT2D eigenvalue weighted by Gasteiger charge is 2.00. The van der Waals surface area contributed by atoms with E-state index in [2.05, 4.69) is 36.3 Å². The number of rotatable bonds is 4. The molecule has 2 aromatic carbocycles. The van der Waals surface area contributed by atoms with Crippen molar-refractivity contribution in [3.63, 3.8) is 0 Å². The Bertz CT molecular complexity index is 678. The van der Waals surface area contributed by atoms with Gasteiger partial charge in [-0.1, -0.05) is 12.1 Å². The summed E-state index contributed by atoms with van der Waals surface area (Å²) in [6.45, 7) is 6.67. The van der Waals surface area contributed by atoms with E-state index in [0.717, 1.165) is 22.6 Å². The summed E-state index contributed by atoms with van der Waals surface area (Å²) in [5.41, 5.74) is 11.5. The maximum atomic E-state index is 5.97. The molecule has 3 N–H and O–H groups in total. The summed E-state index contributed by atoms with van der Waals surface area (Å²) in [6.07, 6.45) is 0. The normalized spacial score (nSPS) is 10.9. The van der Waals surface area contributed by atoms with Gasteiger partial charge >= 0.3 is 0 Å². The minimum atomic E-state index is 0. The molecule has 0 bridgehead atoms. The van der Waals surface area contributed by atoms with Crippen LogP contribution in [0.2, 0.25) is 0 Å². The second kappa shape index (κ2) is 8.76. The topological polar surface area (TPSA) is 59.6 Å². The molecule has 0 unspecified atom stereocenters. The zero-order valence-electron chi connectivity index (χ0n) is 14.0. The lowest BCUT2D eigenvalue weighted by molar-refractivity contribution is 0.414. The van der Waals surface area contributed by atoms with Gasteiger partial charge in [-0.15, -0.1) is 24.0 Å². The van der Waals surface area contributed by atoms with Crippen LogP contribution >= 0.6 is 24.0 Å². The Morgan fingerprint density at radius 1 is 1.00 bits per heavy atom. The fourth-order valence-corrected chi connectivity index (χ4v) is 2.44. The SMILES string of the molecule is COc1cc(C)cc(CN=C(N)Nc2cc(C)cc(C)c2)c1.I. The smallest absolute Gasteiger partial charge is 0.193 e. The Morgan fingerprint density at radius 3 is 2.22 bits per heavy atom. The van der Waals surface area contributed by atoms with E-state index < -0.39 is 0 Å². The van der Waals surface area contributed by atoms with Crippen molar-refractivity contribution in [1.29, 1.82) is 0 Å². The number of nitrogens with two attached hydrogens (primary N) is 1. The molecule has 0 fully saturated rings. The van der Waals surface area contributed by atoms with Crippen LogP contribution in [0.5, 0.6) is 5.75 Å². The molecule has 0 amide bonds. The molecule has 0 spiro atoms. The van der Waals surface area contributed by atoms with Crippen LogP contribution in [0.25, 0.3) is 0 Å². The third-order valence-corrected chi connectivity index (χ3v) is 3.27. The third kappa shape index (κ3) is 6.09. The molecule has 0 aromatic heterocycles. The maximum absolute atomic E-state index is 5.97. The van der Waals surface area contributed by atoms with Crippen molar-refractivity contribution >= 4 is 35.6 Å². The van der Waals surface area contributed by atoms with Crippen molar-refractivity contribution in [1.82, 2.24) is 0 Å². The molecule has 0 heterocycles. The summed E-state index contributed by atoms with van der Waals surface area (Å²) in [5, 5.41) is 3.13. The van der Waals surface area contributed by atoms with E-state index in [0.29, 0.717) is 12.5 Å². The first kappa shape index (κ1) is 19.3. The summed E-state index contributed by atoms with van der Waals surface area (Å²) < 4.78 is 5.27. The number of hydrogen-bond donors (Lipinski definition) is 2. The molecule has 2 aromatic rings. The molecule has 2 rings (SSSR count). The Hall–Kier alpha value is -1.76. The van der Waals surface area contributed by atoms with Gasteiger partial charge < -0.3 is 15.8 Å². The fourth-order valence-electron chi connectivity index (χ4n) is 2.44. The molecule has 0 radical (unpaired) electrons. The number of aryl methyl sites for hydroxylation is 3. The zero-order chi connectivity index (χ0) is 16.1. The molecule has 0 aliphatic heterocycles. The predicted octanol–water partition coefficient (Wildman–Crippen LogP) is 4.17. The van der Waals surface area contributed by atoms with Gasteiger partial charge in [-0.05, 0) is 67.3 Å². The van der Waals surface area contributed by atoms with Crippen molar-refractivity contribution < 1.29 is 4.74 Å². The van der Waals surface area contributed by atoms with Crippen molar-refractivity contribution in [2.45, 2.75) is 27.3 Å². The second-order valence-corrected chi connectivity index (χ2v) is 5.56. The molecule has 0 aliphatic rings. The third-order valence-electron chi connectivity index (χ3n) is 3.27. The first-order chi connectivity index (χ1) is 10.5. The van der Waals surface area contributed by atoms with Crippen LogP contribution in [0.4, 0.5) is 5.69 Å². The van der Waals surface area contributed by atoms with Gasteiger partial charge in [0.1, 0.15) is 5.75 Å². The fraction of sp³-hybridized carbons (Fsp3) is 0.278. The van der Waals surface area contributed by atoms with Crippen molar-refractivity contribution in [3.8, 4) is 5.75 Å². The van der Waals surface area contributed by atoms with E-state index in [1.54, 1.807) is 7.11 Å². The monoisotopic (exact) mass is 425 g/mol. The van der Waals surface area contributed by atoms with Crippen LogP contribution in [-0.4, -0.2) is 13.1 Å². The number of aliphatic imine (C=N–C) groups is 1. The first-order valence-electron chi connectivity index (χ1n) is 7.26. The molecule has 23 heavy (non-hydrogen) atoms. The van der Waals surface area contributed by atoms with Crippen molar-refractivity contribution in [2.75, 3.05) is 12.4 Å². The largest absolute Gasteiger partial charge is 0.497 e. The Labute approximate surface area is 155 Å². The van der Waals surface area contributed by atoms with E-state index >= 15 is 0 Å². The number of halogens is 1. The lowest BCUT2D eigenvalue weighted by Crippen LogP contribution is -2.22. The molecule has 124 valence electrons. The van der Waals surface area contributed by atoms with E-state index in [1.165, 1.54) is 11.1 Å². The van der Waals surface area contributed by atoms with E-state index in [4.69, 9.17) is 10.5 Å². The summed E-state index contributed by atoms with van der Waals surface area (Å²) >= 11 is 0. The molecular formula is C18H24IN3O. The summed E-state index contributed by atoms with van der Waals surface area (Å²) in [7, 11) is 1.66. The van der Waals surface area contributed by atoms with Gasteiger partial charge in [0.25, 0.3) is 0 Å². The predicted molar refractivity (Wildman–Crippen MR) is 108 cm³/mol. The summed E-state index contributed by atoms with van der Waals surface area (Å²) in [5.74, 6) is 1.25. The molecule has 0 aliphatic carbocycles. The van der Waals surface area contributed by atoms with Gasteiger partial charge in [0.2, 0.25) is 0 Å². The minimum absolute atomic E-state index is 0. The van der Waals surface area contributed by atoms with Crippen molar-refractivity contribution in [3.05, 3.63) is 58.7 Å². The quantitative estimate of drug-likeness (QED) is 0.439. The van der Waals surface area contributed by atoms with E-state index in [1.807, 2.05) is 31.2 Å². The lowest BCUT2D eigenvalue weighted by Gasteiger charge is -2.09. The standard InChI is InChI=1S/C18H23N3O.HI/c1-12-5-13(2)8-16(7-12)21-18(19)20-11-15-6-14(3)9-17(10-15)22-4;/h5-10H,11H2,1-4H3,(H3,19,20,21);1H. The molecular weight excluding hydrogens is 401 g/mol. The molecule has 4 nitrogen and oxygen atoms in total. The zero-order valence-corrected chi connectivity index (χ0v) is 16.3. The van der Waals surface area contributed by atoms with Gasteiger partial charge in [-0.25, -0.2) is 4.99 Å². The van der Waals surface area contributed by atoms with Gasteiger partial charge in [-0.3, -0.25) is 0 Å². The Morgan fingerprint density at radius 2 is 1.61 bits per heavy atom. The molecule has 0 saturated carbocycles. The maximum Gasteiger partial charge on any atom is 0.193 e. The number of ether oxygens (including phenoxy) is 1. The van der Waals surface area contributed by atoms with E-state index in [9.17, 15) is 0 Å². The summed E-state index contributed by atoms with van der Waals surface area (Å²) in [4.78, 5) is 4.39. The van der Waals surface area contributed by atoms with Crippen LogP contribution in [0.3, 0.4) is 0 Å². The average Bonchev–Trinajstić information content (AvgIpc) is 2.43. The van der Waals surface area contributed by atoms with Crippen LogP contribution < -0.4 is 15.8 Å². The van der Waals surface area contributed by atoms with Crippen LogP contribution in [-0.2, 0) is 6.54 Å². The first-order valence-corrected chi connectivity index (χ1v) is 7.26. The molecule has 0 saturated heterocycles. The summed E-state index contributed by atoms with van der Waals surface area (Å²) in [6, 6.07) is 12.3. The molecule has 0 atom stereocenters. The lowest BCUT2D eigenvalue weighted by atomic mass is 10.1. The molecule has 5 heteroatoms. The number of nitrogens with zero attached hydrogens (tertiary/aromatic N) is 1. The minimum Gasteiger partial charge on any atom is -0.497 e. The number of methoxy groups -OCH3 is 1. The highest BCUT2D eigenvalue weighted by Crippen LogP contribution is 2.17. The van der Waals surface area contributed by atoms with Crippen molar-refractivity contribution in [2.24, 2.45) is 10.7 Å². The van der Waals surface area contributed by atoms with Crippen LogP contribution in [0.1, 0.15) is 22.3 Å². The number of anilines is 1. The average molecular weight is 425 g/mol. The van der Waals surface area contributed by atoms with Crippen LogP contribution in [0.15, 0.2) is 41.4 Å². The number of nitrogens with one attached hydrogen (secondary N) is 1. The number of guanidine groups is 1. The number of benzene rings is 2. The van der Waals surface area contributed by atoms with Gasteiger partial charge in [-0.2, -0.15) is 0 Å². The van der Waals surface area contributed by atoms with E-state index in [-0.39, 0.29) is 24.0 Å². The van der Waals surface area contributed by atoms with Gasteiger partial charge in [0, 0.05) is 5.69 Å². The van der Waals surface area contributed by atoms with Gasteiger partial charge in [0.15, 0.2) is 5.96 Å². The van der Waals surface area contributed by atoms with Crippen LogP contribution in [0, 0.1) is 20.8 Å². The second-order valence-electron chi connectivity index (χ2n) is 5.56. The number of hydrogen-bond acceptors (Lipinski definition) is 2. The highest BCUT2D eigenvalue weighted by atomic mass is 127. The Kier molecular flexibility index (Phi) is 7.35. The van der Waals surface area contributed by atoms with Gasteiger partial charge in [0.05, 0.1) is 13.7 Å². The highest BCUT2D eigenvalue weighted by molar-refractivity contribution is 14.0. The Balaban J connectivity index is 0.00000264.